The molecule has 0 aliphatic heterocycles. The van der Waals surface area contributed by atoms with Crippen molar-refractivity contribution in [1.82, 2.24) is 0 Å². The fourth-order valence-corrected chi connectivity index (χ4v) is 2.96. The van der Waals surface area contributed by atoms with Gasteiger partial charge in [0, 0.05) is 17.3 Å². The van der Waals surface area contributed by atoms with Crippen LogP contribution in [-0.2, 0) is 0 Å². The van der Waals surface area contributed by atoms with Gasteiger partial charge in [-0.2, -0.15) is 0 Å². The van der Waals surface area contributed by atoms with Crippen molar-refractivity contribution in [2.45, 2.75) is 37.6 Å². The Morgan fingerprint density at radius 3 is 2.94 bits per heavy atom. The third kappa shape index (κ3) is 2.07. The number of halogens is 1. The molecular weight excluding hydrogens is 234 g/mol. The summed E-state index contributed by atoms with van der Waals surface area (Å²) in [6.45, 7) is 0. The van der Waals surface area contributed by atoms with Gasteiger partial charge in [0.15, 0.2) is 5.58 Å². The van der Waals surface area contributed by atoms with Gasteiger partial charge >= 0.3 is 0 Å². The average molecular weight is 250 g/mol. The number of para-hydroxylation sites is 1. The number of nitrogens with two attached hydrogens (primary N) is 1. The Morgan fingerprint density at radius 2 is 2.18 bits per heavy atom. The van der Waals surface area contributed by atoms with Gasteiger partial charge in [0.1, 0.15) is 5.76 Å². The summed E-state index contributed by atoms with van der Waals surface area (Å²) in [7, 11) is 0. The highest BCUT2D eigenvalue weighted by atomic mass is 35.5. The molecule has 0 saturated heterocycles. The van der Waals surface area contributed by atoms with Crippen LogP contribution in [0.1, 0.15) is 37.4 Å². The first-order valence-electron chi connectivity index (χ1n) is 6.17. The molecule has 1 aliphatic carbocycles. The highest BCUT2D eigenvalue weighted by Crippen LogP contribution is 2.36. The number of hydrogen-bond donors (Lipinski definition) is 1. The van der Waals surface area contributed by atoms with Crippen molar-refractivity contribution in [2.75, 3.05) is 0 Å². The number of furan rings is 1. The van der Waals surface area contributed by atoms with Crippen LogP contribution in [0.4, 0.5) is 0 Å². The predicted molar refractivity (Wildman–Crippen MR) is 70.4 cm³/mol. The fraction of sp³-hybridized carbons (Fsp3) is 0.429. The first-order valence-corrected chi connectivity index (χ1v) is 6.55. The van der Waals surface area contributed by atoms with Gasteiger partial charge in [-0.05, 0) is 31.4 Å². The van der Waals surface area contributed by atoms with Crippen molar-refractivity contribution in [3.05, 3.63) is 35.0 Å². The van der Waals surface area contributed by atoms with E-state index in [1.807, 2.05) is 18.2 Å². The maximum absolute atomic E-state index is 6.12. The SMILES string of the molecule is NC1CCCC(c2cc3cccc(Cl)c3o2)C1. The molecule has 0 radical (unpaired) electrons. The Kier molecular flexibility index (Phi) is 2.85. The van der Waals surface area contributed by atoms with Crippen LogP contribution < -0.4 is 5.73 Å². The predicted octanol–water partition coefficient (Wildman–Crippen LogP) is 4.07. The zero-order chi connectivity index (χ0) is 11.8. The zero-order valence-corrected chi connectivity index (χ0v) is 10.4. The van der Waals surface area contributed by atoms with E-state index in [0.717, 1.165) is 29.6 Å². The molecular formula is C14H16ClNO. The van der Waals surface area contributed by atoms with Gasteiger partial charge in [-0.25, -0.2) is 0 Å². The molecule has 2 unspecified atom stereocenters. The number of fused-ring (bicyclic) bond motifs is 1. The molecule has 2 N–H and O–H groups in total. The van der Waals surface area contributed by atoms with Crippen LogP contribution in [0.15, 0.2) is 28.7 Å². The Balaban J connectivity index is 1.97. The number of hydrogen-bond acceptors (Lipinski definition) is 2. The number of benzene rings is 1. The molecule has 1 fully saturated rings. The lowest BCUT2D eigenvalue weighted by Crippen LogP contribution is -2.26. The molecule has 1 aromatic heterocycles. The van der Waals surface area contributed by atoms with Gasteiger partial charge in [0.2, 0.25) is 0 Å². The van der Waals surface area contributed by atoms with Gasteiger partial charge in [-0.1, -0.05) is 30.2 Å². The number of rotatable bonds is 1. The lowest BCUT2D eigenvalue weighted by molar-refractivity contribution is 0.352. The third-order valence-electron chi connectivity index (χ3n) is 3.63. The van der Waals surface area contributed by atoms with Gasteiger partial charge in [-0.3, -0.25) is 0 Å². The second-order valence-electron chi connectivity index (χ2n) is 4.93. The average Bonchev–Trinajstić information content (AvgIpc) is 2.74. The molecule has 2 atom stereocenters. The highest BCUT2D eigenvalue weighted by molar-refractivity contribution is 6.34. The molecule has 3 rings (SSSR count). The van der Waals surface area contributed by atoms with Crippen LogP contribution in [0.5, 0.6) is 0 Å². The maximum atomic E-state index is 6.12. The quantitative estimate of drug-likeness (QED) is 0.827. The Labute approximate surface area is 106 Å². The molecule has 1 saturated carbocycles. The van der Waals surface area contributed by atoms with E-state index in [-0.39, 0.29) is 0 Å². The molecule has 3 heteroatoms. The van der Waals surface area contributed by atoms with E-state index in [1.54, 1.807) is 0 Å². The van der Waals surface area contributed by atoms with Crippen LogP contribution in [-0.4, -0.2) is 6.04 Å². The lowest BCUT2D eigenvalue weighted by Gasteiger charge is -2.24. The van der Waals surface area contributed by atoms with Gasteiger partial charge in [0.05, 0.1) is 5.02 Å². The zero-order valence-electron chi connectivity index (χ0n) is 9.66. The van der Waals surface area contributed by atoms with E-state index in [9.17, 15) is 0 Å². The highest BCUT2D eigenvalue weighted by Gasteiger charge is 2.23. The molecule has 0 amide bonds. The minimum absolute atomic E-state index is 0.317. The molecule has 0 spiro atoms. The topological polar surface area (TPSA) is 39.2 Å². The van der Waals surface area contributed by atoms with Crippen molar-refractivity contribution >= 4 is 22.6 Å². The third-order valence-corrected chi connectivity index (χ3v) is 3.93. The van der Waals surface area contributed by atoms with Crippen LogP contribution in [0.2, 0.25) is 5.02 Å². The summed E-state index contributed by atoms with van der Waals surface area (Å²) in [6.07, 6.45) is 4.52. The molecule has 0 bridgehead atoms. The fourth-order valence-electron chi connectivity index (χ4n) is 2.73. The van der Waals surface area contributed by atoms with Crippen molar-refractivity contribution in [2.24, 2.45) is 5.73 Å². The van der Waals surface area contributed by atoms with Crippen LogP contribution in [0.25, 0.3) is 11.0 Å². The van der Waals surface area contributed by atoms with E-state index in [0.29, 0.717) is 17.0 Å². The van der Waals surface area contributed by atoms with E-state index in [4.69, 9.17) is 21.8 Å². The normalized spacial score (nSPS) is 25.3. The summed E-state index contributed by atoms with van der Waals surface area (Å²) in [6, 6.07) is 8.29. The summed E-state index contributed by atoms with van der Waals surface area (Å²) >= 11 is 6.12. The summed E-state index contributed by atoms with van der Waals surface area (Å²) in [5, 5.41) is 1.78. The minimum Gasteiger partial charge on any atom is -0.459 e. The molecule has 2 nitrogen and oxygen atoms in total. The van der Waals surface area contributed by atoms with Crippen molar-refractivity contribution in [1.29, 1.82) is 0 Å². The van der Waals surface area contributed by atoms with Crippen LogP contribution in [0.3, 0.4) is 0 Å². The maximum Gasteiger partial charge on any atom is 0.152 e. The second kappa shape index (κ2) is 4.35. The van der Waals surface area contributed by atoms with Gasteiger partial charge in [0.25, 0.3) is 0 Å². The molecule has 1 heterocycles. The first-order chi connectivity index (χ1) is 8.24. The summed E-state index contributed by atoms with van der Waals surface area (Å²) in [5.41, 5.74) is 6.83. The van der Waals surface area contributed by atoms with Crippen molar-refractivity contribution in [3.63, 3.8) is 0 Å². The standard InChI is InChI=1S/C14H16ClNO/c15-12-6-2-4-10-8-13(17-14(10)12)9-3-1-5-11(16)7-9/h2,4,6,8-9,11H,1,3,5,7,16H2. The van der Waals surface area contributed by atoms with E-state index in [2.05, 4.69) is 6.07 Å². The summed E-state index contributed by atoms with van der Waals surface area (Å²) in [5.74, 6) is 1.51. The first kappa shape index (κ1) is 11.1. The molecule has 2 aromatic rings. The molecule has 1 aliphatic rings. The lowest BCUT2D eigenvalue weighted by atomic mass is 9.84. The summed E-state index contributed by atoms with van der Waals surface area (Å²) in [4.78, 5) is 0. The van der Waals surface area contributed by atoms with Crippen molar-refractivity contribution < 1.29 is 4.42 Å². The Hall–Kier alpha value is -0.990. The Morgan fingerprint density at radius 1 is 1.29 bits per heavy atom. The van der Waals surface area contributed by atoms with Crippen molar-refractivity contribution in [3.8, 4) is 0 Å². The Bertz CT molecular complexity index is 534. The monoisotopic (exact) mass is 249 g/mol. The van der Waals surface area contributed by atoms with Crippen LogP contribution in [0, 0.1) is 0 Å². The van der Waals surface area contributed by atoms with Crippen LogP contribution >= 0.6 is 11.6 Å². The van der Waals surface area contributed by atoms with E-state index >= 15 is 0 Å². The minimum atomic E-state index is 0.317. The van der Waals surface area contributed by atoms with Gasteiger partial charge < -0.3 is 10.2 Å². The van der Waals surface area contributed by atoms with E-state index < -0.39 is 0 Å². The van der Waals surface area contributed by atoms with E-state index in [1.165, 1.54) is 12.8 Å². The smallest absolute Gasteiger partial charge is 0.152 e. The molecule has 17 heavy (non-hydrogen) atoms. The van der Waals surface area contributed by atoms with Gasteiger partial charge in [-0.15, -0.1) is 0 Å². The largest absolute Gasteiger partial charge is 0.459 e. The second-order valence-corrected chi connectivity index (χ2v) is 5.34. The molecule has 1 aromatic carbocycles. The summed E-state index contributed by atoms with van der Waals surface area (Å²) < 4.78 is 5.90. The molecule has 90 valence electrons.